The van der Waals surface area contributed by atoms with Crippen LogP contribution in [0.5, 0.6) is 0 Å². The molecule has 4 aliphatic rings. The Morgan fingerprint density at radius 3 is 2.53 bits per heavy atom. The molecule has 3 heterocycles. The molecule has 1 aromatic carbocycles. The molecule has 3 aliphatic heterocycles. The van der Waals surface area contributed by atoms with Crippen molar-refractivity contribution in [3.63, 3.8) is 0 Å². The van der Waals surface area contributed by atoms with Gasteiger partial charge in [-0.05, 0) is 43.7 Å². The number of carbonyl (C=O) groups is 3. The fraction of sp³-hybridized carbons (Fsp3) is 0.679. The van der Waals surface area contributed by atoms with Gasteiger partial charge in [0.05, 0.1) is 29.2 Å². The van der Waals surface area contributed by atoms with Gasteiger partial charge in [-0.25, -0.2) is 0 Å². The number of hydrogen-bond acceptors (Lipinski definition) is 5. The monoisotopic (exact) mass is 513 g/mol. The number of likely N-dealkylation sites (tertiary alicyclic amines) is 1. The van der Waals surface area contributed by atoms with Crippen molar-refractivity contribution in [1.29, 1.82) is 0 Å². The smallest absolute Gasteiger partial charge is 0.244 e. The van der Waals surface area contributed by atoms with Gasteiger partial charge in [-0.3, -0.25) is 14.4 Å². The number of aliphatic hydroxyl groups is 1. The third-order valence-corrected chi connectivity index (χ3v) is 11.1. The number of hydrogen-bond donors (Lipinski definition) is 3. The standard InChI is InChI=1S/C28H39N3O4S/c1-3-17(2)20(16-32)31-24(26(34)30-19-12-8-5-9-13-19)28-15-14-21(36-28)22(23(28)27(31)35)25(33)29-18-10-6-4-7-11-18/h4,6-7,10-11,17,19-24,32H,3,5,8-9,12-16H2,1-2H3,(H,29,33)(H,30,34)/t17-,20-,21-,22+,23-,24?,28?/m0/s1. The average molecular weight is 514 g/mol. The van der Waals surface area contributed by atoms with Crippen molar-refractivity contribution < 1.29 is 19.5 Å². The first kappa shape index (κ1) is 25.6. The van der Waals surface area contributed by atoms with Crippen LogP contribution in [0.1, 0.15) is 65.2 Å². The Morgan fingerprint density at radius 2 is 1.86 bits per heavy atom. The molecule has 1 aliphatic carbocycles. The van der Waals surface area contributed by atoms with Gasteiger partial charge in [0.15, 0.2) is 0 Å². The molecule has 4 fully saturated rings. The van der Waals surface area contributed by atoms with Gasteiger partial charge in [-0.2, -0.15) is 0 Å². The number of amides is 3. The van der Waals surface area contributed by atoms with Crippen molar-refractivity contribution in [2.24, 2.45) is 17.8 Å². The molecule has 2 unspecified atom stereocenters. The molecule has 3 N–H and O–H groups in total. The molecule has 3 amide bonds. The fourth-order valence-electron chi connectivity index (χ4n) is 7.14. The Bertz CT molecular complexity index is 984. The highest BCUT2D eigenvalue weighted by atomic mass is 32.2. The molecule has 1 saturated carbocycles. The Balaban J connectivity index is 1.48. The molecule has 7 nitrogen and oxygen atoms in total. The van der Waals surface area contributed by atoms with Crippen LogP contribution in [-0.2, 0) is 14.4 Å². The Labute approximate surface area is 218 Å². The summed E-state index contributed by atoms with van der Waals surface area (Å²) in [6, 6.07) is 8.38. The molecule has 8 heteroatoms. The van der Waals surface area contributed by atoms with Crippen LogP contribution in [0.4, 0.5) is 5.69 Å². The summed E-state index contributed by atoms with van der Waals surface area (Å²) >= 11 is 1.68. The van der Waals surface area contributed by atoms with E-state index >= 15 is 0 Å². The first-order chi connectivity index (χ1) is 17.4. The molecule has 7 atom stereocenters. The van der Waals surface area contributed by atoms with Crippen LogP contribution >= 0.6 is 11.8 Å². The van der Waals surface area contributed by atoms with E-state index in [1.54, 1.807) is 16.7 Å². The molecule has 3 saturated heterocycles. The zero-order chi connectivity index (χ0) is 25.4. The van der Waals surface area contributed by atoms with Crippen molar-refractivity contribution >= 4 is 35.2 Å². The van der Waals surface area contributed by atoms with E-state index in [-0.39, 0.29) is 41.5 Å². The van der Waals surface area contributed by atoms with Crippen molar-refractivity contribution in [1.82, 2.24) is 10.2 Å². The highest BCUT2D eigenvalue weighted by molar-refractivity contribution is 8.02. The minimum atomic E-state index is -0.660. The SMILES string of the molecule is CC[C@H](C)[C@H](CO)N1C(=O)[C@@H]2[C@H](C(=O)Nc3ccccc3)[C@@H]3CCC2(S3)C1C(=O)NC1CCCCC1. The largest absolute Gasteiger partial charge is 0.394 e. The van der Waals surface area contributed by atoms with Gasteiger partial charge in [0.1, 0.15) is 6.04 Å². The third kappa shape index (κ3) is 4.24. The Morgan fingerprint density at radius 1 is 1.14 bits per heavy atom. The second-order valence-electron chi connectivity index (χ2n) is 11.1. The first-order valence-electron chi connectivity index (χ1n) is 13.7. The van der Waals surface area contributed by atoms with Gasteiger partial charge >= 0.3 is 0 Å². The van der Waals surface area contributed by atoms with Crippen molar-refractivity contribution in [2.45, 2.75) is 93.3 Å². The number of nitrogens with one attached hydrogen (secondary N) is 2. The highest BCUT2D eigenvalue weighted by Crippen LogP contribution is 2.66. The number of anilines is 1. The van der Waals surface area contributed by atoms with E-state index in [0.29, 0.717) is 5.69 Å². The predicted molar refractivity (Wildman–Crippen MR) is 141 cm³/mol. The summed E-state index contributed by atoms with van der Waals surface area (Å²) < 4.78 is -0.625. The van der Waals surface area contributed by atoms with Crippen LogP contribution in [0.15, 0.2) is 30.3 Å². The fourth-order valence-corrected chi connectivity index (χ4v) is 9.34. The molecule has 1 aromatic rings. The second-order valence-corrected chi connectivity index (χ2v) is 12.7. The van der Waals surface area contributed by atoms with E-state index in [9.17, 15) is 19.5 Å². The van der Waals surface area contributed by atoms with Crippen LogP contribution in [0.25, 0.3) is 0 Å². The number of carbonyl (C=O) groups excluding carboxylic acids is 3. The maximum Gasteiger partial charge on any atom is 0.244 e. The molecule has 5 rings (SSSR count). The van der Waals surface area contributed by atoms with Crippen LogP contribution < -0.4 is 10.6 Å². The zero-order valence-corrected chi connectivity index (χ0v) is 22.1. The summed E-state index contributed by atoms with van der Waals surface area (Å²) in [7, 11) is 0. The van der Waals surface area contributed by atoms with E-state index < -0.39 is 28.7 Å². The molecule has 36 heavy (non-hydrogen) atoms. The maximum atomic E-state index is 14.2. The lowest BCUT2D eigenvalue weighted by atomic mass is 9.70. The molecule has 1 spiro atoms. The van der Waals surface area contributed by atoms with E-state index in [1.807, 2.05) is 44.2 Å². The van der Waals surface area contributed by atoms with Gasteiger partial charge in [0.25, 0.3) is 0 Å². The van der Waals surface area contributed by atoms with Crippen molar-refractivity contribution in [2.75, 3.05) is 11.9 Å². The lowest BCUT2D eigenvalue weighted by Crippen LogP contribution is -2.59. The van der Waals surface area contributed by atoms with Crippen LogP contribution in [0, 0.1) is 17.8 Å². The summed E-state index contributed by atoms with van der Waals surface area (Å²) in [5.41, 5.74) is 0.714. The minimum absolute atomic E-state index is 0.0194. The van der Waals surface area contributed by atoms with Crippen LogP contribution in [0.3, 0.4) is 0 Å². The van der Waals surface area contributed by atoms with E-state index in [1.165, 1.54) is 6.42 Å². The van der Waals surface area contributed by atoms with Gasteiger partial charge < -0.3 is 20.6 Å². The Kier molecular flexibility index (Phi) is 7.37. The highest BCUT2D eigenvalue weighted by Gasteiger charge is 2.74. The summed E-state index contributed by atoms with van der Waals surface area (Å²) in [4.78, 5) is 43.5. The number of fused-ring (bicyclic) bond motifs is 1. The third-order valence-electron chi connectivity index (χ3n) is 9.13. The molecule has 196 valence electrons. The van der Waals surface area contributed by atoms with Crippen LogP contribution in [0.2, 0.25) is 0 Å². The zero-order valence-electron chi connectivity index (χ0n) is 21.3. The van der Waals surface area contributed by atoms with Gasteiger partial charge in [-0.1, -0.05) is 57.7 Å². The quantitative estimate of drug-likeness (QED) is 0.494. The number of rotatable bonds is 8. The average Bonchev–Trinajstić information content (AvgIpc) is 3.53. The molecule has 0 radical (unpaired) electrons. The van der Waals surface area contributed by atoms with Gasteiger partial charge in [0.2, 0.25) is 17.7 Å². The van der Waals surface area contributed by atoms with E-state index in [0.717, 1.165) is 44.9 Å². The van der Waals surface area contributed by atoms with Gasteiger partial charge in [-0.15, -0.1) is 11.8 Å². The summed E-state index contributed by atoms with van der Waals surface area (Å²) in [6.07, 6.45) is 7.69. The number of para-hydroxylation sites is 1. The second kappa shape index (κ2) is 10.4. The summed E-state index contributed by atoms with van der Waals surface area (Å²) in [5.74, 6) is -1.38. The summed E-state index contributed by atoms with van der Waals surface area (Å²) in [6.45, 7) is 3.88. The number of benzene rings is 1. The number of aliphatic hydroxyl groups excluding tert-OH is 1. The lowest BCUT2D eigenvalue weighted by molar-refractivity contribution is -0.143. The first-order valence-corrected chi connectivity index (χ1v) is 14.6. The molecular weight excluding hydrogens is 474 g/mol. The lowest BCUT2D eigenvalue weighted by Gasteiger charge is -2.40. The minimum Gasteiger partial charge on any atom is -0.394 e. The van der Waals surface area contributed by atoms with Gasteiger partial charge in [0, 0.05) is 17.0 Å². The van der Waals surface area contributed by atoms with Crippen LogP contribution in [-0.4, -0.2) is 62.5 Å². The normalized spacial score (nSPS) is 33.3. The van der Waals surface area contributed by atoms with Crippen molar-refractivity contribution in [3.8, 4) is 0 Å². The number of thioether (sulfide) groups is 1. The predicted octanol–water partition coefficient (Wildman–Crippen LogP) is 3.57. The number of nitrogens with zero attached hydrogens (tertiary/aromatic N) is 1. The van der Waals surface area contributed by atoms with Crippen molar-refractivity contribution in [3.05, 3.63) is 30.3 Å². The topological polar surface area (TPSA) is 98.7 Å². The van der Waals surface area contributed by atoms with E-state index in [2.05, 4.69) is 10.6 Å². The Hall–Kier alpha value is -2.06. The molecule has 2 bridgehead atoms. The maximum absolute atomic E-state index is 14.2. The summed E-state index contributed by atoms with van der Waals surface area (Å²) in [5, 5.41) is 16.8. The molecule has 0 aromatic heterocycles. The van der Waals surface area contributed by atoms with E-state index in [4.69, 9.17) is 0 Å². The molecular formula is C28H39N3O4S.